The van der Waals surface area contributed by atoms with Gasteiger partial charge in [-0.1, -0.05) is 24.3 Å². The van der Waals surface area contributed by atoms with Crippen LogP contribution in [0.4, 0.5) is 0 Å². The summed E-state index contributed by atoms with van der Waals surface area (Å²) in [6.45, 7) is 3.67. The van der Waals surface area contributed by atoms with Crippen LogP contribution in [0.15, 0.2) is 41.1 Å². The number of hydrogen-bond acceptors (Lipinski definition) is 4. The smallest absolute Gasteiger partial charge is 0.235 e. The number of thiophene rings is 1. The maximum Gasteiger partial charge on any atom is 0.235 e. The van der Waals surface area contributed by atoms with Crippen LogP contribution in [0.2, 0.25) is 0 Å². The molecule has 0 saturated carbocycles. The first-order valence-corrected chi connectivity index (χ1v) is 11.0. The molecule has 1 fully saturated rings. The quantitative estimate of drug-likeness (QED) is 0.787. The van der Waals surface area contributed by atoms with Gasteiger partial charge in [0.2, 0.25) is 11.8 Å². The molecule has 1 aromatic heterocycles. The lowest BCUT2D eigenvalue weighted by molar-refractivity contribution is -0.136. The number of hydrogen-bond donors (Lipinski definition) is 0. The molecule has 1 aliphatic rings. The Morgan fingerprint density at radius 2 is 1.77 bits per heavy atom. The molecule has 138 valence electrons. The first-order chi connectivity index (χ1) is 12.5. The highest BCUT2D eigenvalue weighted by Crippen LogP contribution is 2.26. The predicted octanol–water partition coefficient (Wildman–Crippen LogP) is 2.35. The minimum absolute atomic E-state index is 0.0258. The Labute approximate surface area is 160 Å². The first-order valence-electron chi connectivity index (χ1n) is 8.53. The summed E-state index contributed by atoms with van der Waals surface area (Å²) in [5, 5.41) is 4.09. The van der Waals surface area contributed by atoms with Gasteiger partial charge in [0, 0.05) is 49.7 Å². The predicted molar refractivity (Wildman–Crippen MR) is 105 cm³/mol. The highest BCUT2D eigenvalue weighted by atomic mass is 32.2. The van der Waals surface area contributed by atoms with Gasteiger partial charge in [0.25, 0.3) is 0 Å². The van der Waals surface area contributed by atoms with Gasteiger partial charge in [-0.05, 0) is 33.5 Å². The summed E-state index contributed by atoms with van der Waals surface area (Å²) < 4.78 is 12.6. The lowest BCUT2D eigenvalue weighted by Gasteiger charge is -2.34. The van der Waals surface area contributed by atoms with Crippen LogP contribution in [0.3, 0.4) is 0 Å². The fourth-order valence-corrected chi connectivity index (χ4v) is 4.88. The van der Waals surface area contributed by atoms with Crippen molar-refractivity contribution in [3.63, 3.8) is 0 Å². The Hall–Kier alpha value is -1.99. The molecule has 0 radical (unpaired) electrons. The van der Waals surface area contributed by atoms with Gasteiger partial charge in [-0.2, -0.15) is 11.3 Å². The van der Waals surface area contributed by atoms with Crippen molar-refractivity contribution in [3.05, 3.63) is 46.7 Å². The fraction of sp³-hybridized carbons (Fsp3) is 0.368. The van der Waals surface area contributed by atoms with Crippen LogP contribution in [0.25, 0.3) is 11.1 Å². The minimum atomic E-state index is -1.26. The molecule has 2 amide bonds. The van der Waals surface area contributed by atoms with E-state index in [0.29, 0.717) is 31.9 Å². The molecule has 1 aliphatic heterocycles. The van der Waals surface area contributed by atoms with Gasteiger partial charge in [-0.3, -0.25) is 13.8 Å². The highest BCUT2D eigenvalue weighted by Gasteiger charge is 2.23. The summed E-state index contributed by atoms with van der Waals surface area (Å²) in [5.41, 5.74) is 3.19. The molecule has 1 atom stereocenters. The molecule has 2 heterocycles. The van der Waals surface area contributed by atoms with Gasteiger partial charge in [-0.25, -0.2) is 0 Å². The normalized spacial score (nSPS) is 15.7. The van der Waals surface area contributed by atoms with Gasteiger partial charge in [0.1, 0.15) is 5.75 Å². The van der Waals surface area contributed by atoms with Crippen molar-refractivity contribution >= 4 is 34.0 Å². The SMILES string of the molecule is CC(=O)N1CCN(C(=O)CS(=O)Cc2ccccc2-c2ccsc2)CC1. The maximum atomic E-state index is 12.6. The molecule has 3 rings (SSSR count). The zero-order valence-electron chi connectivity index (χ0n) is 14.7. The third-order valence-corrected chi connectivity index (χ3v) is 6.41. The number of nitrogens with zero attached hydrogens (tertiary/aromatic N) is 2. The van der Waals surface area contributed by atoms with Gasteiger partial charge in [-0.15, -0.1) is 0 Å². The highest BCUT2D eigenvalue weighted by molar-refractivity contribution is 7.84. The fourth-order valence-electron chi connectivity index (χ4n) is 3.07. The van der Waals surface area contributed by atoms with Crippen molar-refractivity contribution in [3.8, 4) is 11.1 Å². The van der Waals surface area contributed by atoms with Crippen LogP contribution in [0, 0.1) is 0 Å². The van der Waals surface area contributed by atoms with E-state index in [2.05, 4.69) is 5.38 Å². The van der Waals surface area contributed by atoms with E-state index in [-0.39, 0.29) is 17.6 Å². The van der Waals surface area contributed by atoms with Crippen LogP contribution in [-0.4, -0.2) is 57.8 Å². The maximum absolute atomic E-state index is 12.6. The lowest BCUT2D eigenvalue weighted by Crippen LogP contribution is -2.51. The van der Waals surface area contributed by atoms with Crippen LogP contribution in [0.5, 0.6) is 0 Å². The average Bonchev–Trinajstić information content (AvgIpc) is 3.16. The van der Waals surface area contributed by atoms with Gasteiger partial charge < -0.3 is 9.80 Å². The summed E-state index contributed by atoms with van der Waals surface area (Å²) in [5.74, 6) is 0.328. The van der Waals surface area contributed by atoms with Crippen molar-refractivity contribution in [2.24, 2.45) is 0 Å². The lowest BCUT2D eigenvalue weighted by atomic mass is 10.0. The summed E-state index contributed by atoms with van der Waals surface area (Å²) in [4.78, 5) is 27.2. The zero-order chi connectivity index (χ0) is 18.5. The largest absolute Gasteiger partial charge is 0.339 e. The van der Waals surface area contributed by atoms with E-state index in [9.17, 15) is 13.8 Å². The first kappa shape index (κ1) is 18.8. The minimum Gasteiger partial charge on any atom is -0.339 e. The van der Waals surface area contributed by atoms with Crippen LogP contribution in [0.1, 0.15) is 12.5 Å². The standard InChI is InChI=1S/C19H22N2O3S2/c1-15(22)20-7-9-21(10-8-20)19(23)14-26(24)13-17-4-2-3-5-18(17)16-6-11-25-12-16/h2-6,11-12H,7-10,13-14H2,1H3. The second kappa shape index (κ2) is 8.60. The van der Waals surface area contributed by atoms with Crippen molar-refractivity contribution in [1.82, 2.24) is 9.80 Å². The zero-order valence-corrected chi connectivity index (χ0v) is 16.4. The molecule has 1 unspecified atom stereocenters. The van der Waals surface area contributed by atoms with E-state index in [1.165, 1.54) is 6.92 Å². The van der Waals surface area contributed by atoms with Crippen molar-refractivity contribution in [1.29, 1.82) is 0 Å². The topological polar surface area (TPSA) is 57.7 Å². The third kappa shape index (κ3) is 4.59. The molecule has 0 bridgehead atoms. The molecular weight excluding hydrogens is 368 g/mol. The van der Waals surface area contributed by atoms with Crippen molar-refractivity contribution in [2.45, 2.75) is 12.7 Å². The Morgan fingerprint density at radius 1 is 1.08 bits per heavy atom. The Bertz CT molecular complexity index is 797. The van der Waals surface area contributed by atoms with Gasteiger partial charge in [0.05, 0.1) is 0 Å². The van der Waals surface area contributed by atoms with E-state index in [4.69, 9.17) is 0 Å². The van der Waals surface area contributed by atoms with Crippen LogP contribution < -0.4 is 0 Å². The summed E-state index contributed by atoms with van der Waals surface area (Å²) in [6.07, 6.45) is 0. The van der Waals surface area contributed by atoms with E-state index < -0.39 is 10.8 Å². The molecule has 26 heavy (non-hydrogen) atoms. The second-order valence-corrected chi connectivity index (χ2v) is 8.52. The number of piperazine rings is 1. The Balaban J connectivity index is 1.58. The number of amides is 2. The molecule has 0 spiro atoms. The molecule has 1 aromatic carbocycles. The van der Waals surface area contributed by atoms with Crippen LogP contribution >= 0.6 is 11.3 Å². The van der Waals surface area contributed by atoms with E-state index in [1.807, 2.05) is 35.7 Å². The molecular formula is C19H22N2O3S2. The molecule has 2 aromatic rings. The van der Waals surface area contributed by atoms with Gasteiger partial charge in [0.15, 0.2) is 0 Å². The van der Waals surface area contributed by atoms with E-state index >= 15 is 0 Å². The molecule has 0 N–H and O–H groups in total. The average molecular weight is 391 g/mol. The Morgan fingerprint density at radius 3 is 2.42 bits per heavy atom. The third-order valence-electron chi connectivity index (χ3n) is 4.53. The summed E-state index contributed by atoms with van der Waals surface area (Å²) in [7, 11) is -1.26. The number of benzene rings is 1. The number of rotatable bonds is 5. The van der Waals surface area contributed by atoms with E-state index in [0.717, 1.165) is 16.7 Å². The number of carbonyl (C=O) groups excluding carboxylic acids is 2. The molecule has 0 aliphatic carbocycles. The Kier molecular flexibility index (Phi) is 6.21. The van der Waals surface area contributed by atoms with Crippen LogP contribution in [-0.2, 0) is 26.1 Å². The molecule has 1 saturated heterocycles. The second-order valence-electron chi connectivity index (χ2n) is 6.28. The summed E-state index contributed by atoms with van der Waals surface area (Å²) >= 11 is 1.63. The molecule has 7 heteroatoms. The molecule has 5 nitrogen and oxygen atoms in total. The number of carbonyl (C=O) groups is 2. The van der Waals surface area contributed by atoms with Gasteiger partial charge >= 0.3 is 0 Å². The van der Waals surface area contributed by atoms with Crippen molar-refractivity contribution in [2.75, 3.05) is 31.9 Å². The monoisotopic (exact) mass is 390 g/mol. The van der Waals surface area contributed by atoms with Crippen molar-refractivity contribution < 1.29 is 13.8 Å². The van der Waals surface area contributed by atoms with E-state index in [1.54, 1.807) is 21.1 Å². The summed E-state index contributed by atoms with van der Waals surface area (Å²) in [6, 6.07) is 9.95.